The molecule has 0 fully saturated rings. The lowest BCUT2D eigenvalue weighted by atomic mass is 9.95. The van der Waals surface area contributed by atoms with Crippen molar-refractivity contribution < 1.29 is 9.90 Å². The van der Waals surface area contributed by atoms with Crippen LogP contribution in [-0.2, 0) is 6.42 Å². The van der Waals surface area contributed by atoms with Crippen LogP contribution in [0, 0.1) is 12.8 Å². The molecule has 0 spiro atoms. The molecule has 2 aromatic heterocycles. The summed E-state index contributed by atoms with van der Waals surface area (Å²) in [5, 5.41) is 16.8. The highest BCUT2D eigenvalue weighted by atomic mass is 16.4. The van der Waals surface area contributed by atoms with Crippen LogP contribution in [0.1, 0.15) is 35.5 Å². The van der Waals surface area contributed by atoms with Crippen LogP contribution in [0.25, 0.3) is 11.0 Å². The largest absolute Gasteiger partial charge is 0.478 e. The third-order valence-corrected chi connectivity index (χ3v) is 2.71. The maximum Gasteiger partial charge on any atom is 0.337 e. The molecule has 0 unspecified atom stereocenters. The van der Waals surface area contributed by atoms with Gasteiger partial charge in [-0.2, -0.15) is 5.10 Å². The van der Waals surface area contributed by atoms with Crippen molar-refractivity contribution in [2.45, 2.75) is 27.2 Å². The van der Waals surface area contributed by atoms with Gasteiger partial charge < -0.3 is 5.11 Å². The smallest absolute Gasteiger partial charge is 0.337 e. The summed E-state index contributed by atoms with van der Waals surface area (Å²) >= 11 is 0. The van der Waals surface area contributed by atoms with Crippen LogP contribution in [0.4, 0.5) is 0 Å². The highest BCUT2D eigenvalue weighted by Crippen LogP contribution is 2.24. The number of pyridine rings is 1. The van der Waals surface area contributed by atoms with E-state index in [1.165, 1.54) is 0 Å². The number of rotatable bonds is 3. The first-order valence-corrected chi connectivity index (χ1v) is 5.56. The van der Waals surface area contributed by atoms with Gasteiger partial charge in [0.1, 0.15) is 0 Å². The Morgan fingerprint density at radius 3 is 2.82 bits per heavy atom. The van der Waals surface area contributed by atoms with Gasteiger partial charge >= 0.3 is 5.97 Å². The molecule has 0 bridgehead atoms. The van der Waals surface area contributed by atoms with E-state index in [4.69, 9.17) is 0 Å². The van der Waals surface area contributed by atoms with Crippen LogP contribution in [0.5, 0.6) is 0 Å². The first-order valence-electron chi connectivity index (χ1n) is 5.56. The monoisotopic (exact) mass is 233 g/mol. The molecule has 0 radical (unpaired) electrons. The topological polar surface area (TPSA) is 78.9 Å². The van der Waals surface area contributed by atoms with E-state index in [2.05, 4.69) is 29.0 Å². The molecule has 0 aliphatic rings. The van der Waals surface area contributed by atoms with Crippen molar-refractivity contribution in [2.24, 2.45) is 5.92 Å². The number of nitrogens with one attached hydrogen (secondary N) is 1. The van der Waals surface area contributed by atoms with Crippen LogP contribution in [0.2, 0.25) is 0 Å². The summed E-state index contributed by atoms with van der Waals surface area (Å²) in [6.45, 7) is 5.84. The average Bonchev–Trinajstić information content (AvgIpc) is 2.63. The standard InChI is InChI=1S/C12H15N3O2/c1-6(2)4-8-9-5-13-15-11(9)14-7(3)10(8)12(16)17/h5-6H,4H2,1-3H3,(H,16,17)(H,13,14,15). The Bertz CT molecular complexity index is 572. The summed E-state index contributed by atoms with van der Waals surface area (Å²) in [5.41, 5.74) is 2.32. The third kappa shape index (κ3) is 2.00. The number of aromatic amines is 1. The summed E-state index contributed by atoms with van der Waals surface area (Å²) in [4.78, 5) is 15.5. The van der Waals surface area contributed by atoms with Crippen molar-refractivity contribution in [3.63, 3.8) is 0 Å². The minimum atomic E-state index is -0.922. The highest BCUT2D eigenvalue weighted by Gasteiger charge is 2.19. The number of aromatic carboxylic acids is 1. The fraction of sp³-hybridized carbons (Fsp3) is 0.417. The Morgan fingerprint density at radius 1 is 1.53 bits per heavy atom. The van der Waals surface area contributed by atoms with E-state index in [0.717, 1.165) is 10.9 Å². The molecule has 0 aliphatic carbocycles. The highest BCUT2D eigenvalue weighted by molar-refractivity contribution is 5.96. The molecule has 0 atom stereocenters. The van der Waals surface area contributed by atoms with Gasteiger partial charge in [0.2, 0.25) is 0 Å². The summed E-state index contributed by atoms with van der Waals surface area (Å²) in [7, 11) is 0. The second-order valence-electron chi connectivity index (χ2n) is 4.59. The number of aryl methyl sites for hydroxylation is 1. The minimum Gasteiger partial charge on any atom is -0.478 e. The molecule has 0 amide bonds. The van der Waals surface area contributed by atoms with E-state index < -0.39 is 5.97 Å². The van der Waals surface area contributed by atoms with Crippen molar-refractivity contribution in [1.82, 2.24) is 15.2 Å². The maximum absolute atomic E-state index is 11.3. The first kappa shape index (κ1) is 11.6. The summed E-state index contributed by atoms with van der Waals surface area (Å²) in [5.74, 6) is -0.540. The van der Waals surface area contributed by atoms with Gasteiger partial charge in [0.25, 0.3) is 0 Å². The Labute approximate surface area is 98.9 Å². The fourth-order valence-electron chi connectivity index (χ4n) is 2.07. The van der Waals surface area contributed by atoms with Gasteiger partial charge in [-0.1, -0.05) is 13.8 Å². The van der Waals surface area contributed by atoms with Gasteiger partial charge in [-0.3, -0.25) is 5.10 Å². The van der Waals surface area contributed by atoms with Gasteiger partial charge in [0.15, 0.2) is 5.65 Å². The Hall–Kier alpha value is -1.91. The van der Waals surface area contributed by atoms with E-state index in [1.54, 1.807) is 13.1 Å². The molecule has 0 saturated heterocycles. The van der Waals surface area contributed by atoms with Crippen molar-refractivity contribution in [2.75, 3.05) is 0 Å². The van der Waals surface area contributed by atoms with Crippen LogP contribution in [-0.4, -0.2) is 26.3 Å². The van der Waals surface area contributed by atoms with Gasteiger partial charge in [-0.05, 0) is 24.8 Å². The fourth-order valence-corrected chi connectivity index (χ4v) is 2.07. The normalized spacial score (nSPS) is 11.3. The second-order valence-corrected chi connectivity index (χ2v) is 4.59. The summed E-state index contributed by atoms with van der Waals surface area (Å²) in [6.07, 6.45) is 2.35. The van der Waals surface area contributed by atoms with E-state index >= 15 is 0 Å². The molecule has 17 heavy (non-hydrogen) atoms. The molecule has 2 heterocycles. The molecule has 2 aromatic rings. The van der Waals surface area contributed by atoms with E-state index in [0.29, 0.717) is 29.2 Å². The second kappa shape index (κ2) is 4.16. The zero-order valence-corrected chi connectivity index (χ0v) is 10.1. The predicted molar refractivity (Wildman–Crippen MR) is 64.1 cm³/mol. The lowest BCUT2D eigenvalue weighted by Gasteiger charge is -2.11. The number of nitrogens with zero attached hydrogens (tertiary/aromatic N) is 2. The Balaban J connectivity index is 2.75. The predicted octanol–water partition coefficient (Wildman–Crippen LogP) is 2.16. The number of hydrogen-bond acceptors (Lipinski definition) is 3. The quantitative estimate of drug-likeness (QED) is 0.851. The molecule has 0 aliphatic heterocycles. The molecule has 2 N–H and O–H groups in total. The summed E-state index contributed by atoms with van der Waals surface area (Å²) < 4.78 is 0. The molecule has 5 nitrogen and oxygen atoms in total. The molecule has 90 valence electrons. The zero-order valence-electron chi connectivity index (χ0n) is 10.1. The van der Waals surface area contributed by atoms with Crippen molar-refractivity contribution in [3.05, 3.63) is 23.0 Å². The zero-order chi connectivity index (χ0) is 12.6. The lowest BCUT2D eigenvalue weighted by Crippen LogP contribution is -2.10. The van der Waals surface area contributed by atoms with Crippen molar-refractivity contribution >= 4 is 17.0 Å². The van der Waals surface area contributed by atoms with Gasteiger partial charge in [-0.15, -0.1) is 0 Å². The van der Waals surface area contributed by atoms with Crippen LogP contribution >= 0.6 is 0 Å². The lowest BCUT2D eigenvalue weighted by molar-refractivity contribution is 0.0694. The van der Waals surface area contributed by atoms with Crippen LogP contribution < -0.4 is 0 Å². The number of carboxylic acid groups (broad SMARTS) is 1. The Morgan fingerprint density at radius 2 is 2.24 bits per heavy atom. The van der Waals surface area contributed by atoms with Crippen LogP contribution in [0.3, 0.4) is 0 Å². The minimum absolute atomic E-state index is 0.313. The molecule has 2 rings (SSSR count). The Kier molecular flexibility index (Phi) is 2.83. The van der Waals surface area contributed by atoms with Gasteiger partial charge in [-0.25, -0.2) is 9.78 Å². The molecule has 0 aromatic carbocycles. The number of carboxylic acids is 1. The number of carbonyl (C=O) groups is 1. The molecular weight excluding hydrogens is 218 g/mol. The number of aromatic nitrogens is 3. The van der Waals surface area contributed by atoms with E-state index in [1.807, 2.05) is 0 Å². The molecular formula is C12H15N3O2. The van der Waals surface area contributed by atoms with Crippen molar-refractivity contribution in [3.8, 4) is 0 Å². The molecule has 5 heteroatoms. The van der Waals surface area contributed by atoms with E-state index in [9.17, 15) is 9.90 Å². The number of H-pyrrole nitrogens is 1. The molecule has 0 saturated carbocycles. The SMILES string of the molecule is Cc1nc2[nH]ncc2c(CC(C)C)c1C(=O)O. The van der Waals surface area contributed by atoms with E-state index in [-0.39, 0.29) is 0 Å². The summed E-state index contributed by atoms with van der Waals surface area (Å²) in [6, 6.07) is 0. The maximum atomic E-state index is 11.3. The van der Waals surface area contributed by atoms with Crippen LogP contribution in [0.15, 0.2) is 6.20 Å². The first-order chi connectivity index (χ1) is 8.00. The number of hydrogen-bond donors (Lipinski definition) is 2. The van der Waals surface area contributed by atoms with Gasteiger partial charge in [0, 0.05) is 5.39 Å². The average molecular weight is 233 g/mol. The van der Waals surface area contributed by atoms with Gasteiger partial charge in [0.05, 0.1) is 17.5 Å². The number of fused-ring (bicyclic) bond motifs is 1. The third-order valence-electron chi connectivity index (χ3n) is 2.71. The van der Waals surface area contributed by atoms with Crippen molar-refractivity contribution in [1.29, 1.82) is 0 Å².